The molecule has 1 saturated heterocycles. The van der Waals surface area contributed by atoms with Crippen molar-refractivity contribution in [2.45, 2.75) is 35.8 Å². The summed E-state index contributed by atoms with van der Waals surface area (Å²) in [5.41, 5.74) is -0.995. The van der Waals surface area contributed by atoms with Gasteiger partial charge in [-0.05, 0) is 38.0 Å². The number of nitrogens with one attached hydrogen (secondary N) is 1. The summed E-state index contributed by atoms with van der Waals surface area (Å²) in [5.74, 6) is -1.08. The summed E-state index contributed by atoms with van der Waals surface area (Å²) < 4.78 is 81.2. The van der Waals surface area contributed by atoms with Crippen LogP contribution in [0.4, 0.5) is 28.0 Å². The van der Waals surface area contributed by atoms with Crippen molar-refractivity contribution in [1.29, 1.82) is 0 Å². The first-order valence-corrected chi connectivity index (χ1v) is 10.9. The largest absolute Gasteiger partial charge is 0.417 e. The van der Waals surface area contributed by atoms with Gasteiger partial charge in [0.15, 0.2) is 0 Å². The number of sulfone groups is 1. The van der Waals surface area contributed by atoms with Crippen LogP contribution in [0.3, 0.4) is 0 Å². The van der Waals surface area contributed by atoms with Crippen molar-refractivity contribution in [2.24, 2.45) is 5.92 Å². The predicted octanol–water partition coefficient (Wildman–Crippen LogP) is 3.90. The highest BCUT2D eigenvalue weighted by molar-refractivity contribution is 7.92. The van der Waals surface area contributed by atoms with Gasteiger partial charge < -0.3 is 10.2 Å². The number of alkyl halides is 4. The molecule has 1 aromatic heterocycles. The predicted molar refractivity (Wildman–Crippen MR) is 103 cm³/mol. The van der Waals surface area contributed by atoms with Gasteiger partial charge in [0.05, 0.1) is 28.5 Å². The number of anilines is 1. The van der Waals surface area contributed by atoms with Gasteiger partial charge in [0.1, 0.15) is 0 Å². The lowest BCUT2D eigenvalue weighted by Gasteiger charge is -2.37. The van der Waals surface area contributed by atoms with Crippen LogP contribution in [0, 0.1) is 5.92 Å². The Morgan fingerprint density at radius 2 is 1.74 bits per heavy atom. The molecule has 1 atom stereocenters. The van der Waals surface area contributed by atoms with Gasteiger partial charge in [-0.25, -0.2) is 17.6 Å². The van der Waals surface area contributed by atoms with Gasteiger partial charge in [-0.3, -0.25) is 0 Å². The van der Waals surface area contributed by atoms with E-state index in [1.54, 1.807) is 0 Å². The van der Waals surface area contributed by atoms with Crippen LogP contribution in [-0.2, 0) is 16.0 Å². The molecule has 1 unspecified atom stereocenters. The van der Waals surface area contributed by atoms with Crippen LogP contribution in [0.2, 0.25) is 0 Å². The first kappa shape index (κ1) is 22.9. The minimum Gasteiger partial charge on any atom is -0.325 e. The number of hydrogen-bond acceptors (Lipinski definition) is 5. The average Bonchev–Trinajstić information content (AvgIpc) is 2.74. The van der Waals surface area contributed by atoms with E-state index in [0.29, 0.717) is 11.8 Å². The third-order valence-electron chi connectivity index (χ3n) is 5.35. The third kappa shape index (κ3) is 4.63. The highest BCUT2D eigenvalue weighted by Crippen LogP contribution is 2.43. The maximum absolute atomic E-state index is 15.6. The zero-order valence-corrected chi connectivity index (χ0v) is 17.3. The molecular weight excluding hydrogens is 440 g/mol. The summed E-state index contributed by atoms with van der Waals surface area (Å²) in [6.07, 6.45) is -2.26. The normalized spacial score (nSPS) is 17.8. The molecule has 2 amide bonds. The van der Waals surface area contributed by atoms with E-state index < -0.39 is 43.4 Å². The molecule has 0 saturated carbocycles. The molecule has 168 valence electrons. The number of nitrogens with zero attached hydrogens (tertiary/aromatic N) is 3. The smallest absolute Gasteiger partial charge is 0.325 e. The minimum absolute atomic E-state index is 0.0254. The molecule has 1 aromatic carbocycles. The van der Waals surface area contributed by atoms with Crippen molar-refractivity contribution in [3.05, 3.63) is 48.3 Å². The van der Waals surface area contributed by atoms with Crippen LogP contribution in [-0.4, -0.2) is 47.6 Å². The van der Waals surface area contributed by atoms with E-state index in [0.717, 1.165) is 25.1 Å². The van der Waals surface area contributed by atoms with Crippen molar-refractivity contribution >= 4 is 21.6 Å². The number of amides is 2. The summed E-state index contributed by atoms with van der Waals surface area (Å²) in [6.45, 7) is 0.883. The fraction of sp³-hybridized carbons (Fsp3) is 0.421. The van der Waals surface area contributed by atoms with Crippen LogP contribution >= 0.6 is 0 Å². The quantitative estimate of drug-likeness (QED) is 0.699. The molecule has 1 N–H and O–H groups in total. The standard InChI is InChI=1S/C19H20F4N4O3S/c1-18(20,31(29,30)16-5-3-2-4-15(16)19(21,22)23)13-7-10-27(11-8-13)17(28)26-14-6-9-24-25-12-14/h2-6,9,12-13H,7-8,10-11H2,1H3,(H,24,26,28). The molecule has 3 rings (SSSR count). The summed E-state index contributed by atoms with van der Waals surface area (Å²) in [6, 6.07) is 4.61. The molecule has 7 nitrogen and oxygen atoms in total. The molecule has 0 aliphatic carbocycles. The summed E-state index contributed by atoms with van der Waals surface area (Å²) in [4.78, 5) is 12.6. The van der Waals surface area contributed by atoms with E-state index in [2.05, 4.69) is 15.5 Å². The van der Waals surface area contributed by atoms with E-state index in [1.165, 1.54) is 23.4 Å². The Morgan fingerprint density at radius 3 is 2.32 bits per heavy atom. The fourth-order valence-electron chi connectivity index (χ4n) is 3.53. The molecular formula is C19H20F4N4O3S. The van der Waals surface area contributed by atoms with Crippen molar-refractivity contribution in [3.63, 3.8) is 0 Å². The summed E-state index contributed by atoms with van der Waals surface area (Å²) >= 11 is 0. The topological polar surface area (TPSA) is 92.3 Å². The maximum atomic E-state index is 15.6. The van der Waals surface area contributed by atoms with Crippen molar-refractivity contribution < 1.29 is 30.8 Å². The molecule has 2 aromatic rings. The van der Waals surface area contributed by atoms with Gasteiger partial charge in [0, 0.05) is 19.0 Å². The van der Waals surface area contributed by atoms with Gasteiger partial charge in [-0.1, -0.05) is 12.1 Å². The Labute approximate surface area is 176 Å². The van der Waals surface area contributed by atoms with Gasteiger partial charge in [0.2, 0.25) is 14.8 Å². The lowest BCUT2D eigenvalue weighted by Crippen LogP contribution is -2.48. The zero-order valence-electron chi connectivity index (χ0n) is 16.4. The molecule has 0 bridgehead atoms. The molecule has 0 radical (unpaired) electrons. The summed E-state index contributed by atoms with van der Waals surface area (Å²) in [7, 11) is -4.96. The number of carbonyl (C=O) groups is 1. The van der Waals surface area contributed by atoms with Gasteiger partial charge in [-0.2, -0.15) is 23.4 Å². The van der Waals surface area contributed by atoms with E-state index >= 15 is 4.39 Å². The highest BCUT2D eigenvalue weighted by Gasteiger charge is 2.51. The van der Waals surface area contributed by atoms with Crippen LogP contribution in [0.15, 0.2) is 47.6 Å². The molecule has 2 heterocycles. The number of rotatable bonds is 4. The van der Waals surface area contributed by atoms with Gasteiger partial charge >= 0.3 is 12.2 Å². The Bertz CT molecular complexity index is 1040. The van der Waals surface area contributed by atoms with Crippen LogP contribution in [0.25, 0.3) is 0 Å². The van der Waals surface area contributed by atoms with Crippen LogP contribution in [0.5, 0.6) is 0 Å². The third-order valence-corrected chi connectivity index (χ3v) is 7.67. The lowest BCUT2D eigenvalue weighted by molar-refractivity contribution is -0.139. The molecule has 1 aliphatic heterocycles. The van der Waals surface area contributed by atoms with E-state index in [-0.39, 0.29) is 25.9 Å². The maximum Gasteiger partial charge on any atom is 0.417 e. The molecule has 0 spiro atoms. The van der Waals surface area contributed by atoms with Crippen LogP contribution < -0.4 is 5.32 Å². The van der Waals surface area contributed by atoms with E-state index in [1.807, 2.05) is 0 Å². The second kappa shape index (κ2) is 8.40. The van der Waals surface area contributed by atoms with Crippen LogP contribution in [0.1, 0.15) is 25.3 Å². The monoisotopic (exact) mass is 460 g/mol. The fourth-order valence-corrected chi connectivity index (χ4v) is 5.37. The Balaban J connectivity index is 1.75. The Morgan fingerprint density at radius 1 is 1.10 bits per heavy atom. The number of likely N-dealkylation sites (tertiary alicyclic amines) is 1. The molecule has 31 heavy (non-hydrogen) atoms. The number of urea groups is 1. The highest BCUT2D eigenvalue weighted by atomic mass is 32.2. The van der Waals surface area contributed by atoms with Crippen molar-refractivity contribution in [1.82, 2.24) is 15.1 Å². The Kier molecular flexibility index (Phi) is 6.21. The minimum atomic E-state index is -4.96. The number of carbonyl (C=O) groups excluding carboxylic acids is 1. The number of aromatic nitrogens is 2. The first-order chi connectivity index (χ1) is 14.4. The average molecular weight is 460 g/mol. The first-order valence-electron chi connectivity index (χ1n) is 9.37. The second-order valence-corrected chi connectivity index (χ2v) is 9.55. The van der Waals surface area contributed by atoms with Crippen molar-refractivity contribution in [3.8, 4) is 0 Å². The summed E-state index contributed by atoms with van der Waals surface area (Å²) in [5, 5.41) is 6.87. The van der Waals surface area contributed by atoms with E-state index in [9.17, 15) is 26.4 Å². The molecule has 12 heteroatoms. The second-order valence-electron chi connectivity index (χ2n) is 7.31. The van der Waals surface area contributed by atoms with Gasteiger partial charge in [0.25, 0.3) is 0 Å². The van der Waals surface area contributed by atoms with Crippen molar-refractivity contribution in [2.75, 3.05) is 18.4 Å². The zero-order chi connectivity index (χ0) is 22.9. The number of piperidine rings is 1. The number of halogens is 4. The molecule has 1 aliphatic rings. The van der Waals surface area contributed by atoms with Gasteiger partial charge in [-0.15, -0.1) is 0 Å². The lowest BCUT2D eigenvalue weighted by atomic mass is 9.92. The molecule has 1 fully saturated rings. The number of hydrogen-bond donors (Lipinski definition) is 1. The SMILES string of the molecule is CC(F)(C1CCN(C(=O)Nc2ccnnc2)CC1)S(=O)(=O)c1ccccc1C(F)(F)F. The Hall–Kier alpha value is -2.76. The number of benzene rings is 1. The van der Waals surface area contributed by atoms with E-state index in [4.69, 9.17) is 0 Å².